The van der Waals surface area contributed by atoms with Crippen LogP contribution in [-0.4, -0.2) is 30.0 Å². The van der Waals surface area contributed by atoms with E-state index in [1.807, 2.05) is 26.0 Å². The Morgan fingerprint density at radius 1 is 1.05 bits per heavy atom. The third-order valence-electron chi connectivity index (χ3n) is 5.40. The number of amides is 1. The lowest BCUT2D eigenvalue weighted by Gasteiger charge is -2.22. The van der Waals surface area contributed by atoms with Crippen molar-refractivity contribution in [1.82, 2.24) is 0 Å². The summed E-state index contributed by atoms with van der Waals surface area (Å²) in [5.41, 5.74) is 0.387. The van der Waals surface area contributed by atoms with Crippen LogP contribution in [0.1, 0.15) is 33.5 Å². The van der Waals surface area contributed by atoms with Gasteiger partial charge in [0.2, 0.25) is 0 Å². The number of benzene rings is 3. The number of hydrogen-bond donors (Lipinski definition) is 0. The van der Waals surface area contributed by atoms with Gasteiger partial charge in [-0.25, -0.2) is 4.79 Å². The molecule has 0 fully saturated rings. The number of nitriles is 1. The molecule has 0 aliphatic heterocycles. The standard InChI is InChI=1S/C27H22F3N3O5S/c1-17-12-18(2)14-20(13-17)32(11-5-10-31)25(34)16-38-26(35)21-6-3-4-7-23(21)39-24-9-8-19(27(28,29)30)15-22(24)33(36)37/h3-4,6-9,12-15H,5,11,16H2,1-2H3. The number of nitro benzene ring substituents is 1. The molecule has 0 unspecified atom stereocenters. The Hall–Kier alpha value is -4.37. The summed E-state index contributed by atoms with van der Waals surface area (Å²) in [7, 11) is 0. The Balaban J connectivity index is 1.81. The SMILES string of the molecule is Cc1cc(C)cc(N(CCC#N)C(=O)COC(=O)c2ccccc2Sc2ccc(C(F)(F)F)cc2[N+](=O)[O-])c1. The topological polar surface area (TPSA) is 114 Å². The van der Waals surface area contributed by atoms with Crippen molar-refractivity contribution in [1.29, 1.82) is 5.26 Å². The van der Waals surface area contributed by atoms with E-state index in [1.54, 1.807) is 18.2 Å². The van der Waals surface area contributed by atoms with Crippen LogP contribution in [0.5, 0.6) is 0 Å². The molecule has 3 rings (SSSR count). The van der Waals surface area contributed by atoms with E-state index in [4.69, 9.17) is 10.00 Å². The zero-order valence-electron chi connectivity index (χ0n) is 20.8. The molecule has 0 saturated heterocycles. The van der Waals surface area contributed by atoms with Gasteiger partial charge in [0.25, 0.3) is 11.6 Å². The maximum atomic E-state index is 13.0. The van der Waals surface area contributed by atoms with Crippen molar-refractivity contribution >= 4 is 35.0 Å². The van der Waals surface area contributed by atoms with Gasteiger partial charge in [-0.2, -0.15) is 18.4 Å². The highest BCUT2D eigenvalue weighted by molar-refractivity contribution is 7.99. The number of nitrogens with zero attached hydrogens (tertiary/aromatic N) is 3. The van der Waals surface area contributed by atoms with Crippen molar-refractivity contribution < 1.29 is 32.4 Å². The molecule has 0 aliphatic carbocycles. The fourth-order valence-electron chi connectivity index (χ4n) is 3.71. The lowest BCUT2D eigenvalue weighted by atomic mass is 10.1. The molecule has 0 aromatic heterocycles. The number of alkyl halides is 3. The van der Waals surface area contributed by atoms with Crippen molar-refractivity contribution in [3.8, 4) is 6.07 Å². The van der Waals surface area contributed by atoms with Gasteiger partial charge in [0.15, 0.2) is 6.61 Å². The van der Waals surface area contributed by atoms with E-state index < -0.39 is 40.8 Å². The highest BCUT2D eigenvalue weighted by Gasteiger charge is 2.33. The number of hydrogen-bond acceptors (Lipinski definition) is 7. The summed E-state index contributed by atoms with van der Waals surface area (Å²) in [6.07, 6.45) is -4.71. The summed E-state index contributed by atoms with van der Waals surface area (Å²) in [6, 6.07) is 15.5. The third kappa shape index (κ3) is 7.58. The zero-order valence-corrected chi connectivity index (χ0v) is 21.6. The summed E-state index contributed by atoms with van der Waals surface area (Å²) in [5.74, 6) is -1.46. The molecule has 3 aromatic carbocycles. The Labute approximate surface area is 226 Å². The molecule has 0 saturated carbocycles. The number of halogens is 3. The zero-order chi connectivity index (χ0) is 28.7. The quantitative estimate of drug-likeness (QED) is 0.168. The van der Waals surface area contributed by atoms with Gasteiger partial charge in [-0.1, -0.05) is 30.0 Å². The average Bonchev–Trinajstić information content (AvgIpc) is 2.86. The average molecular weight is 558 g/mol. The smallest absolute Gasteiger partial charge is 0.416 e. The molecule has 0 spiro atoms. The fraction of sp³-hybridized carbons (Fsp3) is 0.222. The van der Waals surface area contributed by atoms with Gasteiger partial charge in [-0.15, -0.1) is 0 Å². The molecular formula is C27H22F3N3O5S. The van der Waals surface area contributed by atoms with Gasteiger partial charge in [0, 0.05) is 23.2 Å². The van der Waals surface area contributed by atoms with Crippen LogP contribution in [0.25, 0.3) is 0 Å². The van der Waals surface area contributed by atoms with Crippen molar-refractivity contribution in [3.05, 3.63) is 93.0 Å². The predicted octanol–water partition coefficient (Wildman–Crippen LogP) is 6.49. The molecular weight excluding hydrogens is 535 g/mol. The molecule has 12 heteroatoms. The van der Waals surface area contributed by atoms with E-state index in [1.165, 1.54) is 23.1 Å². The number of rotatable bonds is 9. The number of carbonyl (C=O) groups is 2. The Morgan fingerprint density at radius 3 is 2.33 bits per heavy atom. The van der Waals surface area contributed by atoms with Crippen LogP contribution >= 0.6 is 11.8 Å². The molecule has 0 bridgehead atoms. The van der Waals surface area contributed by atoms with Gasteiger partial charge < -0.3 is 9.64 Å². The lowest BCUT2D eigenvalue weighted by Crippen LogP contribution is -2.35. The van der Waals surface area contributed by atoms with Gasteiger partial charge in [0.1, 0.15) is 0 Å². The summed E-state index contributed by atoms with van der Waals surface area (Å²) < 4.78 is 44.4. The second kappa shape index (κ2) is 12.4. The minimum Gasteiger partial charge on any atom is -0.452 e. The van der Waals surface area contributed by atoms with Crippen LogP contribution in [-0.2, 0) is 15.7 Å². The largest absolute Gasteiger partial charge is 0.452 e. The van der Waals surface area contributed by atoms with Gasteiger partial charge in [-0.05, 0) is 61.4 Å². The first-order valence-corrected chi connectivity index (χ1v) is 12.3. The number of ether oxygens (including phenoxy) is 1. The van der Waals surface area contributed by atoms with Gasteiger partial charge in [0.05, 0.1) is 33.4 Å². The second-order valence-electron chi connectivity index (χ2n) is 8.41. The number of carbonyl (C=O) groups excluding carboxylic acids is 2. The Morgan fingerprint density at radius 2 is 1.72 bits per heavy atom. The minimum atomic E-state index is -4.76. The van der Waals surface area contributed by atoms with Gasteiger partial charge in [-0.3, -0.25) is 14.9 Å². The molecule has 1 amide bonds. The third-order valence-corrected chi connectivity index (χ3v) is 6.54. The monoisotopic (exact) mass is 557 g/mol. The predicted molar refractivity (Wildman–Crippen MR) is 137 cm³/mol. The van der Waals surface area contributed by atoms with E-state index in [9.17, 15) is 32.9 Å². The lowest BCUT2D eigenvalue weighted by molar-refractivity contribution is -0.388. The summed E-state index contributed by atoms with van der Waals surface area (Å²) in [6.45, 7) is 3.16. The minimum absolute atomic E-state index is 0.0283. The Bertz CT molecular complexity index is 1430. The van der Waals surface area contributed by atoms with Crippen LogP contribution in [0.2, 0.25) is 0 Å². The highest BCUT2D eigenvalue weighted by Crippen LogP contribution is 2.40. The van der Waals surface area contributed by atoms with Crippen LogP contribution in [0.4, 0.5) is 24.5 Å². The van der Waals surface area contributed by atoms with Gasteiger partial charge >= 0.3 is 12.1 Å². The molecule has 0 atom stereocenters. The normalized spacial score (nSPS) is 11.0. The number of nitro groups is 1. The molecule has 202 valence electrons. The van der Waals surface area contributed by atoms with E-state index >= 15 is 0 Å². The molecule has 39 heavy (non-hydrogen) atoms. The molecule has 0 radical (unpaired) electrons. The van der Waals surface area contributed by atoms with Crippen LogP contribution < -0.4 is 4.90 Å². The first kappa shape index (κ1) is 29.2. The Kier molecular flexibility index (Phi) is 9.32. The first-order valence-electron chi connectivity index (χ1n) is 11.5. The molecule has 0 aliphatic rings. The number of anilines is 1. The molecule has 0 N–H and O–H groups in total. The maximum absolute atomic E-state index is 13.0. The van der Waals surface area contributed by atoms with Crippen molar-refractivity contribution in [2.75, 3.05) is 18.1 Å². The van der Waals surface area contributed by atoms with Crippen molar-refractivity contribution in [2.45, 2.75) is 36.2 Å². The molecule has 8 nitrogen and oxygen atoms in total. The number of aryl methyl sites for hydroxylation is 2. The van der Waals surface area contributed by atoms with E-state index in [0.29, 0.717) is 11.8 Å². The summed E-state index contributed by atoms with van der Waals surface area (Å²) in [5, 5.41) is 20.5. The van der Waals surface area contributed by atoms with Crippen LogP contribution in [0, 0.1) is 35.3 Å². The maximum Gasteiger partial charge on any atom is 0.416 e. The van der Waals surface area contributed by atoms with E-state index in [0.717, 1.165) is 35.0 Å². The first-order chi connectivity index (χ1) is 18.4. The number of esters is 1. The van der Waals surface area contributed by atoms with Crippen LogP contribution in [0.3, 0.4) is 0 Å². The van der Waals surface area contributed by atoms with Crippen molar-refractivity contribution in [3.63, 3.8) is 0 Å². The van der Waals surface area contributed by atoms with E-state index in [-0.39, 0.29) is 28.3 Å². The highest BCUT2D eigenvalue weighted by atomic mass is 32.2. The second-order valence-corrected chi connectivity index (χ2v) is 9.49. The van der Waals surface area contributed by atoms with Crippen molar-refractivity contribution in [2.24, 2.45) is 0 Å². The molecule has 0 heterocycles. The molecule has 3 aromatic rings. The summed E-state index contributed by atoms with van der Waals surface area (Å²) >= 11 is 0.727. The van der Waals surface area contributed by atoms with E-state index in [2.05, 4.69) is 0 Å². The van der Waals surface area contributed by atoms with Crippen LogP contribution in [0.15, 0.2) is 70.5 Å². The fourth-order valence-corrected chi connectivity index (χ4v) is 4.73. The summed E-state index contributed by atoms with van der Waals surface area (Å²) in [4.78, 5) is 37.8.